The van der Waals surface area contributed by atoms with Crippen molar-refractivity contribution in [3.63, 3.8) is 0 Å². The van der Waals surface area contributed by atoms with Crippen LogP contribution in [-0.4, -0.2) is 35.1 Å². The summed E-state index contributed by atoms with van der Waals surface area (Å²) in [4.78, 5) is 16.5. The molecule has 16 heavy (non-hydrogen) atoms. The lowest BCUT2D eigenvalue weighted by molar-refractivity contribution is -0.126. The van der Waals surface area contributed by atoms with Gasteiger partial charge >= 0.3 is 0 Å². The van der Waals surface area contributed by atoms with Crippen LogP contribution in [0.5, 0.6) is 0 Å². The number of rotatable bonds is 3. The van der Waals surface area contributed by atoms with Gasteiger partial charge in [0.25, 0.3) is 0 Å². The van der Waals surface area contributed by atoms with Gasteiger partial charge in [0.05, 0.1) is 12.3 Å². The van der Waals surface area contributed by atoms with Crippen LogP contribution in [0.15, 0.2) is 12.3 Å². The summed E-state index contributed by atoms with van der Waals surface area (Å²) in [5, 5.41) is 8.30. The van der Waals surface area contributed by atoms with Crippen molar-refractivity contribution in [3.8, 4) is 0 Å². The Morgan fingerprint density at radius 1 is 1.62 bits per heavy atom. The Hall–Kier alpha value is -1.42. The van der Waals surface area contributed by atoms with Crippen molar-refractivity contribution >= 4 is 23.2 Å². The molecule has 5 heteroatoms. The van der Waals surface area contributed by atoms with E-state index in [1.165, 1.54) is 11.8 Å². The van der Waals surface area contributed by atoms with Crippen LogP contribution in [-0.2, 0) is 4.79 Å². The average Bonchev–Trinajstić information content (AvgIpc) is 2.16. The second kappa shape index (κ2) is 5.07. The Labute approximate surface area is 99.8 Å². The summed E-state index contributed by atoms with van der Waals surface area (Å²) in [5.41, 5.74) is 1.97. The second-order valence-corrected chi connectivity index (χ2v) is 4.06. The van der Waals surface area contributed by atoms with Crippen LogP contribution in [0.4, 0.5) is 0 Å². The van der Waals surface area contributed by atoms with Gasteiger partial charge in [0, 0.05) is 25.7 Å². The Morgan fingerprint density at radius 2 is 2.25 bits per heavy atom. The lowest BCUT2D eigenvalue weighted by atomic mass is 10.1. The molecular formula is C11H14ClN3O. The quantitative estimate of drug-likeness (QED) is 0.647. The molecule has 86 valence electrons. The van der Waals surface area contributed by atoms with Crippen LogP contribution in [0.25, 0.3) is 0 Å². The van der Waals surface area contributed by atoms with Crippen molar-refractivity contribution in [1.82, 2.24) is 9.88 Å². The summed E-state index contributed by atoms with van der Waals surface area (Å²) in [6.45, 7) is 3.62. The highest BCUT2D eigenvalue weighted by atomic mass is 35.5. The zero-order valence-electron chi connectivity index (χ0n) is 9.54. The molecule has 1 rings (SSSR count). The minimum absolute atomic E-state index is 0.0654. The minimum Gasteiger partial charge on any atom is -0.340 e. The number of hydrogen-bond acceptors (Lipinski definition) is 3. The number of halogens is 1. The molecule has 0 atom stereocenters. The van der Waals surface area contributed by atoms with Crippen LogP contribution in [0.2, 0.25) is 5.15 Å². The maximum atomic E-state index is 11.0. The molecule has 0 saturated heterocycles. The van der Waals surface area contributed by atoms with Gasteiger partial charge in [-0.2, -0.15) is 0 Å². The van der Waals surface area contributed by atoms with E-state index in [4.69, 9.17) is 17.0 Å². The molecule has 0 aliphatic rings. The van der Waals surface area contributed by atoms with Crippen LogP contribution in [0.1, 0.15) is 18.1 Å². The molecule has 4 nitrogen and oxygen atoms in total. The summed E-state index contributed by atoms with van der Waals surface area (Å²) >= 11 is 5.73. The molecule has 0 spiro atoms. The van der Waals surface area contributed by atoms with Gasteiger partial charge in [-0.05, 0) is 18.6 Å². The summed E-state index contributed by atoms with van der Waals surface area (Å²) in [7, 11) is 1.66. The van der Waals surface area contributed by atoms with Gasteiger partial charge in [0.15, 0.2) is 0 Å². The number of likely N-dealkylation sites (N-methyl/N-ethyl adjacent to an activating group) is 1. The monoisotopic (exact) mass is 239 g/mol. The first kappa shape index (κ1) is 12.6. The number of aryl methyl sites for hydroxylation is 1. The SMILES string of the molecule is CC(=O)N(C)CC(=N)c1cnc(Cl)cc1C. The number of carbonyl (C=O) groups is 1. The van der Waals surface area contributed by atoms with E-state index in [0.717, 1.165) is 11.1 Å². The molecule has 1 heterocycles. The van der Waals surface area contributed by atoms with E-state index in [1.54, 1.807) is 19.3 Å². The summed E-state index contributed by atoms with van der Waals surface area (Å²) in [6, 6.07) is 1.71. The Kier molecular flexibility index (Phi) is 4.01. The number of aromatic nitrogens is 1. The van der Waals surface area contributed by atoms with Crippen LogP contribution >= 0.6 is 11.6 Å². The first-order chi connectivity index (χ1) is 7.41. The molecule has 0 saturated carbocycles. The predicted octanol–water partition coefficient (Wildman–Crippen LogP) is 1.89. The van der Waals surface area contributed by atoms with E-state index in [9.17, 15) is 4.79 Å². The Bertz CT molecular complexity index is 431. The Balaban J connectivity index is 2.85. The molecule has 0 bridgehead atoms. The summed E-state index contributed by atoms with van der Waals surface area (Å²) < 4.78 is 0. The van der Waals surface area contributed by atoms with Gasteiger partial charge in [-0.15, -0.1) is 0 Å². The van der Waals surface area contributed by atoms with Crippen molar-refractivity contribution < 1.29 is 4.79 Å². The van der Waals surface area contributed by atoms with E-state index >= 15 is 0 Å². The van der Waals surface area contributed by atoms with Crippen LogP contribution < -0.4 is 0 Å². The van der Waals surface area contributed by atoms with Gasteiger partial charge in [0.2, 0.25) is 5.91 Å². The largest absolute Gasteiger partial charge is 0.340 e. The molecule has 1 aromatic heterocycles. The fourth-order valence-electron chi connectivity index (χ4n) is 1.27. The average molecular weight is 240 g/mol. The normalized spacial score (nSPS) is 10.0. The Morgan fingerprint density at radius 3 is 2.75 bits per heavy atom. The standard InChI is InChI=1S/C11H14ClN3O/c1-7-4-11(12)14-5-9(7)10(13)6-15(3)8(2)16/h4-5,13H,6H2,1-3H3. The van der Waals surface area contributed by atoms with E-state index in [1.807, 2.05) is 6.92 Å². The molecule has 1 N–H and O–H groups in total. The van der Waals surface area contributed by atoms with Gasteiger partial charge < -0.3 is 10.3 Å². The highest BCUT2D eigenvalue weighted by molar-refractivity contribution is 6.29. The molecule has 0 aromatic carbocycles. The van der Waals surface area contributed by atoms with Gasteiger partial charge in [-0.25, -0.2) is 4.98 Å². The van der Waals surface area contributed by atoms with E-state index in [-0.39, 0.29) is 12.5 Å². The zero-order valence-corrected chi connectivity index (χ0v) is 10.3. The van der Waals surface area contributed by atoms with Gasteiger partial charge in [-0.3, -0.25) is 4.79 Å². The predicted molar refractivity (Wildman–Crippen MR) is 64.1 cm³/mol. The van der Waals surface area contributed by atoms with Gasteiger partial charge in [0.1, 0.15) is 5.15 Å². The van der Waals surface area contributed by atoms with Gasteiger partial charge in [-0.1, -0.05) is 11.6 Å². The third-order valence-electron chi connectivity index (χ3n) is 2.34. The third kappa shape index (κ3) is 3.03. The fraction of sp³-hybridized carbons (Fsp3) is 0.364. The molecule has 0 aliphatic heterocycles. The van der Waals surface area contributed by atoms with E-state index in [0.29, 0.717) is 10.9 Å². The lowest BCUT2D eigenvalue weighted by Crippen LogP contribution is -2.30. The summed E-state index contributed by atoms with van der Waals surface area (Å²) in [5.74, 6) is -0.0654. The third-order valence-corrected chi connectivity index (χ3v) is 2.54. The first-order valence-electron chi connectivity index (χ1n) is 4.83. The number of hydrogen-bond donors (Lipinski definition) is 1. The van der Waals surface area contributed by atoms with Crippen molar-refractivity contribution in [2.75, 3.05) is 13.6 Å². The maximum absolute atomic E-state index is 11.0. The first-order valence-corrected chi connectivity index (χ1v) is 5.21. The number of nitrogens with zero attached hydrogens (tertiary/aromatic N) is 2. The molecule has 0 fully saturated rings. The molecule has 0 unspecified atom stereocenters. The topological polar surface area (TPSA) is 57.1 Å². The molecule has 0 radical (unpaired) electrons. The molecule has 1 aromatic rings. The summed E-state index contributed by atoms with van der Waals surface area (Å²) in [6.07, 6.45) is 1.56. The number of pyridine rings is 1. The number of nitrogens with one attached hydrogen (secondary N) is 1. The second-order valence-electron chi connectivity index (χ2n) is 3.68. The highest BCUT2D eigenvalue weighted by Gasteiger charge is 2.10. The number of amides is 1. The van der Waals surface area contributed by atoms with Crippen LogP contribution in [0, 0.1) is 12.3 Å². The minimum atomic E-state index is -0.0654. The van der Waals surface area contributed by atoms with E-state index < -0.39 is 0 Å². The molecular weight excluding hydrogens is 226 g/mol. The van der Waals surface area contributed by atoms with Crippen molar-refractivity contribution in [1.29, 1.82) is 5.41 Å². The highest BCUT2D eigenvalue weighted by Crippen LogP contribution is 2.12. The van der Waals surface area contributed by atoms with Crippen molar-refractivity contribution in [2.45, 2.75) is 13.8 Å². The fourth-order valence-corrected chi connectivity index (χ4v) is 1.48. The smallest absolute Gasteiger partial charge is 0.219 e. The number of carbonyl (C=O) groups excluding carboxylic acids is 1. The molecule has 0 aliphatic carbocycles. The van der Waals surface area contributed by atoms with Crippen LogP contribution in [0.3, 0.4) is 0 Å². The van der Waals surface area contributed by atoms with Crippen molar-refractivity contribution in [2.24, 2.45) is 0 Å². The maximum Gasteiger partial charge on any atom is 0.219 e. The van der Waals surface area contributed by atoms with E-state index in [2.05, 4.69) is 4.98 Å². The zero-order chi connectivity index (χ0) is 12.3. The lowest BCUT2D eigenvalue weighted by Gasteiger charge is -2.16. The van der Waals surface area contributed by atoms with Crippen molar-refractivity contribution in [3.05, 3.63) is 28.5 Å². The molecule has 1 amide bonds.